The summed E-state index contributed by atoms with van der Waals surface area (Å²) in [6.07, 6.45) is 3.91. The number of rotatable bonds is 4. The third kappa shape index (κ3) is 2.82. The van der Waals surface area contributed by atoms with Gasteiger partial charge in [0.15, 0.2) is 5.15 Å². The second kappa shape index (κ2) is 4.99. The number of halogens is 1. The molecule has 1 rings (SSSR count). The molecule has 0 saturated heterocycles. The lowest BCUT2D eigenvalue weighted by atomic mass is 10.4. The molecule has 5 heteroatoms. The van der Waals surface area contributed by atoms with Crippen LogP contribution in [0.15, 0.2) is 17.2 Å². The number of ether oxygens (including phenoxy) is 1. The lowest BCUT2D eigenvalue weighted by Crippen LogP contribution is -2.21. The molecule has 1 aromatic rings. The Bertz CT molecular complexity index is 324. The van der Waals surface area contributed by atoms with E-state index in [0.29, 0.717) is 13.2 Å². The molecule has 0 aliphatic carbocycles. The van der Waals surface area contributed by atoms with E-state index in [4.69, 9.17) is 16.3 Å². The summed E-state index contributed by atoms with van der Waals surface area (Å²) in [5.74, 6) is 0. The minimum atomic E-state index is -0.250. The number of methoxy groups -OCH3 is 1. The molecule has 1 aromatic heterocycles. The molecule has 0 aliphatic heterocycles. The Labute approximate surface area is 81.1 Å². The highest BCUT2D eigenvalue weighted by atomic mass is 35.5. The third-order valence-corrected chi connectivity index (χ3v) is 1.88. The van der Waals surface area contributed by atoms with Crippen molar-refractivity contribution in [3.05, 3.63) is 27.9 Å². The lowest BCUT2D eigenvalue weighted by molar-refractivity contribution is 0.190. The first-order chi connectivity index (χ1) is 6.25. The Morgan fingerprint density at radius 2 is 2.46 bits per heavy atom. The van der Waals surface area contributed by atoms with Gasteiger partial charge in [-0.2, -0.15) is 0 Å². The molecule has 0 unspecified atom stereocenters. The monoisotopic (exact) mass is 202 g/mol. The molecule has 0 spiro atoms. The molecule has 72 valence electrons. The van der Waals surface area contributed by atoms with Gasteiger partial charge in [-0.1, -0.05) is 11.6 Å². The summed E-state index contributed by atoms with van der Waals surface area (Å²) in [4.78, 5) is 15.0. The molecular formula is C8H11ClN2O2. The van der Waals surface area contributed by atoms with Crippen LogP contribution in [-0.2, 0) is 11.3 Å². The normalized spacial score (nSPS) is 10.3. The van der Waals surface area contributed by atoms with Gasteiger partial charge in [-0.25, -0.2) is 4.98 Å². The highest BCUT2D eigenvalue weighted by molar-refractivity contribution is 6.29. The fourth-order valence-corrected chi connectivity index (χ4v) is 1.14. The molecule has 0 aliphatic rings. The van der Waals surface area contributed by atoms with Crippen LogP contribution in [0.5, 0.6) is 0 Å². The Kier molecular flexibility index (Phi) is 3.92. The van der Waals surface area contributed by atoms with Crippen LogP contribution in [0, 0.1) is 0 Å². The summed E-state index contributed by atoms with van der Waals surface area (Å²) in [5, 5.41) is 0.0138. The van der Waals surface area contributed by atoms with Gasteiger partial charge in [-0.3, -0.25) is 4.79 Å². The predicted octanol–water partition coefficient (Wildman–Crippen LogP) is 0.933. The van der Waals surface area contributed by atoms with Crippen molar-refractivity contribution in [3.63, 3.8) is 0 Å². The number of aromatic nitrogens is 2. The van der Waals surface area contributed by atoms with E-state index in [2.05, 4.69) is 4.98 Å². The van der Waals surface area contributed by atoms with E-state index >= 15 is 0 Å². The molecule has 0 radical (unpaired) electrons. The predicted molar refractivity (Wildman–Crippen MR) is 50.0 cm³/mol. The molecule has 0 bridgehead atoms. The zero-order valence-corrected chi connectivity index (χ0v) is 8.12. The van der Waals surface area contributed by atoms with E-state index < -0.39 is 0 Å². The Balaban J connectivity index is 2.67. The molecule has 0 fully saturated rings. The summed E-state index contributed by atoms with van der Waals surface area (Å²) in [6, 6.07) is 0. The van der Waals surface area contributed by atoms with Gasteiger partial charge < -0.3 is 9.30 Å². The van der Waals surface area contributed by atoms with Gasteiger partial charge in [0.1, 0.15) is 0 Å². The van der Waals surface area contributed by atoms with Crippen molar-refractivity contribution < 1.29 is 4.74 Å². The van der Waals surface area contributed by atoms with Crippen molar-refractivity contribution in [1.82, 2.24) is 9.55 Å². The zero-order chi connectivity index (χ0) is 9.68. The van der Waals surface area contributed by atoms with Crippen molar-refractivity contribution in [2.24, 2.45) is 0 Å². The fourth-order valence-electron chi connectivity index (χ4n) is 0.976. The van der Waals surface area contributed by atoms with Gasteiger partial charge in [0, 0.05) is 32.7 Å². The van der Waals surface area contributed by atoms with Crippen LogP contribution in [0.25, 0.3) is 0 Å². The van der Waals surface area contributed by atoms with E-state index in [1.807, 2.05) is 0 Å². The van der Waals surface area contributed by atoms with Crippen LogP contribution < -0.4 is 5.56 Å². The Morgan fingerprint density at radius 3 is 3.15 bits per heavy atom. The van der Waals surface area contributed by atoms with Crippen molar-refractivity contribution in [1.29, 1.82) is 0 Å². The summed E-state index contributed by atoms with van der Waals surface area (Å²) in [5.41, 5.74) is -0.250. The van der Waals surface area contributed by atoms with Gasteiger partial charge in [0.25, 0.3) is 5.56 Å². The quantitative estimate of drug-likeness (QED) is 0.683. The minimum absolute atomic E-state index is 0.0138. The average molecular weight is 203 g/mol. The molecular weight excluding hydrogens is 192 g/mol. The molecule has 0 aromatic carbocycles. The first kappa shape index (κ1) is 10.2. The van der Waals surface area contributed by atoms with Crippen molar-refractivity contribution in [2.45, 2.75) is 13.0 Å². The van der Waals surface area contributed by atoms with E-state index in [1.54, 1.807) is 13.3 Å². The maximum Gasteiger partial charge on any atom is 0.288 e. The third-order valence-electron chi connectivity index (χ3n) is 1.62. The summed E-state index contributed by atoms with van der Waals surface area (Å²) in [6.45, 7) is 1.24. The second-order valence-electron chi connectivity index (χ2n) is 2.56. The van der Waals surface area contributed by atoms with E-state index in [9.17, 15) is 4.79 Å². The molecule has 0 amide bonds. The van der Waals surface area contributed by atoms with E-state index in [0.717, 1.165) is 6.42 Å². The first-order valence-electron chi connectivity index (χ1n) is 3.95. The number of hydrogen-bond donors (Lipinski definition) is 0. The summed E-state index contributed by atoms with van der Waals surface area (Å²) >= 11 is 5.55. The SMILES string of the molecule is COCCCn1ccnc(Cl)c1=O. The van der Waals surface area contributed by atoms with Crippen LogP contribution in [0.3, 0.4) is 0 Å². The molecule has 0 saturated carbocycles. The van der Waals surface area contributed by atoms with E-state index in [-0.39, 0.29) is 10.7 Å². The highest BCUT2D eigenvalue weighted by Gasteiger charge is 2.00. The van der Waals surface area contributed by atoms with Crippen molar-refractivity contribution in [2.75, 3.05) is 13.7 Å². The minimum Gasteiger partial charge on any atom is -0.385 e. The molecule has 0 N–H and O–H groups in total. The maximum atomic E-state index is 11.3. The van der Waals surface area contributed by atoms with Crippen LogP contribution in [0.2, 0.25) is 5.15 Å². The van der Waals surface area contributed by atoms with E-state index in [1.165, 1.54) is 10.8 Å². The summed E-state index contributed by atoms with van der Waals surface area (Å²) < 4.78 is 6.39. The maximum absolute atomic E-state index is 11.3. The van der Waals surface area contributed by atoms with Crippen LogP contribution >= 0.6 is 11.6 Å². The Hall–Kier alpha value is -0.870. The standard InChI is InChI=1S/C8H11ClN2O2/c1-13-6-2-4-11-5-3-10-7(9)8(11)12/h3,5H,2,4,6H2,1H3. The number of hydrogen-bond acceptors (Lipinski definition) is 3. The van der Waals surface area contributed by atoms with Gasteiger partial charge in [-0.15, -0.1) is 0 Å². The zero-order valence-electron chi connectivity index (χ0n) is 7.36. The molecule has 1 heterocycles. The topological polar surface area (TPSA) is 44.1 Å². The van der Waals surface area contributed by atoms with Crippen molar-refractivity contribution >= 4 is 11.6 Å². The van der Waals surface area contributed by atoms with Gasteiger partial charge >= 0.3 is 0 Å². The average Bonchev–Trinajstić information content (AvgIpc) is 2.13. The fraction of sp³-hybridized carbons (Fsp3) is 0.500. The van der Waals surface area contributed by atoms with Gasteiger partial charge in [0.05, 0.1) is 0 Å². The largest absolute Gasteiger partial charge is 0.385 e. The summed E-state index contributed by atoms with van der Waals surface area (Å²) in [7, 11) is 1.63. The van der Waals surface area contributed by atoms with Crippen LogP contribution in [-0.4, -0.2) is 23.3 Å². The molecule has 4 nitrogen and oxygen atoms in total. The number of aryl methyl sites for hydroxylation is 1. The Morgan fingerprint density at radius 1 is 1.69 bits per heavy atom. The highest BCUT2D eigenvalue weighted by Crippen LogP contribution is 1.94. The van der Waals surface area contributed by atoms with Crippen LogP contribution in [0.1, 0.15) is 6.42 Å². The molecule has 0 atom stereocenters. The second-order valence-corrected chi connectivity index (χ2v) is 2.92. The van der Waals surface area contributed by atoms with Gasteiger partial charge in [-0.05, 0) is 6.42 Å². The molecule has 13 heavy (non-hydrogen) atoms. The smallest absolute Gasteiger partial charge is 0.288 e. The lowest BCUT2D eigenvalue weighted by Gasteiger charge is -2.03. The first-order valence-corrected chi connectivity index (χ1v) is 4.33. The van der Waals surface area contributed by atoms with Gasteiger partial charge in [0.2, 0.25) is 0 Å². The van der Waals surface area contributed by atoms with Crippen molar-refractivity contribution in [3.8, 4) is 0 Å². The number of nitrogens with zero attached hydrogens (tertiary/aromatic N) is 2. The van der Waals surface area contributed by atoms with Crippen LogP contribution in [0.4, 0.5) is 0 Å².